The van der Waals surface area contributed by atoms with Gasteiger partial charge in [-0.25, -0.2) is 0 Å². The average Bonchev–Trinajstić information content (AvgIpc) is 3.24. The van der Waals surface area contributed by atoms with Crippen LogP contribution >= 0.6 is 0 Å². The predicted octanol–water partition coefficient (Wildman–Crippen LogP) is 3.39. The topological polar surface area (TPSA) is 83.8 Å². The molecule has 158 valence electrons. The lowest BCUT2D eigenvalue weighted by molar-refractivity contribution is -0.118. The van der Waals surface area contributed by atoms with Crippen molar-refractivity contribution in [1.82, 2.24) is 0 Å². The Kier molecular flexibility index (Phi) is 5.29. The zero-order chi connectivity index (χ0) is 22.1. The lowest BCUT2D eigenvalue weighted by atomic mass is 9.98. The van der Waals surface area contributed by atoms with Gasteiger partial charge in [0.2, 0.25) is 0 Å². The molecule has 2 aliphatic rings. The number of anilines is 2. The van der Waals surface area contributed by atoms with Gasteiger partial charge in [0, 0.05) is 12.1 Å². The summed E-state index contributed by atoms with van der Waals surface area (Å²) in [5.74, 6) is 0.0618. The largest absolute Gasteiger partial charge is 0.497 e. The van der Waals surface area contributed by atoms with E-state index in [0.717, 1.165) is 0 Å². The van der Waals surface area contributed by atoms with Crippen LogP contribution in [-0.4, -0.2) is 37.5 Å². The van der Waals surface area contributed by atoms with Crippen molar-refractivity contribution in [2.75, 3.05) is 24.2 Å². The molecule has 4 rings (SSSR count). The number of carbonyl (C=O) groups is 2. The van der Waals surface area contributed by atoms with Crippen molar-refractivity contribution in [3.8, 4) is 11.5 Å². The van der Waals surface area contributed by atoms with Crippen LogP contribution in [0, 0.1) is 5.92 Å². The van der Waals surface area contributed by atoms with Gasteiger partial charge >= 0.3 is 0 Å². The Hall–Kier alpha value is -3.94. The van der Waals surface area contributed by atoms with Gasteiger partial charge in [0.15, 0.2) is 0 Å². The van der Waals surface area contributed by atoms with E-state index in [4.69, 9.17) is 9.47 Å². The monoisotopic (exact) mass is 418 g/mol. The van der Waals surface area contributed by atoms with Crippen molar-refractivity contribution in [2.45, 2.75) is 13.8 Å². The summed E-state index contributed by atoms with van der Waals surface area (Å²) in [6.07, 6.45) is 1.64. The molecule has 0 saturated carbocycles. The highest BCUT2D eigenvalue weighted by Crippen LogP contribution is 2.31. The average molecular weight is 418 g/mol. The number of amides is 2. The molecule has 1 unspecified atom stereocenters. The third-order valence-corrected chi connectivity index (χ3v) is 5.17. The van der Waals surface area contributed by atoms with Gasteiger partial charge in [0.1, 0.15) is 11.5 Å². The second kappa shape index (κ2) is 8.06. The van der Waals surface area contributed by atoms with Gasteiger partial charge in [-0.2, -0.15) is 20.2 Å². The lowest BCUT2D eigenvalue weighted by Gasteiger charge is -2.14. The first-order valence-electron chi connectivity index (χ1n) is 9.72. The van der Waals surface area contributed by atoms with Gasteiger partial charge in [-0.05, 0) is 38.1 Å². The van der Waals surface area contributed by atoms with Gasteiger partial charge in [-0.15, -0.1) is 0 Å². The van der Waals surface area contributed by atoms with Crippen LogP contribution in [0.4, 0.5) is 11.4 Å². The van der Waals surface area contributed by atoms with Gasteiger partial charge in [0.25, 0.3) is 11.8 Å². The number of hydrogen-bond donors (Lipinski definition) is 0. The summed E-state index contributed by atoms with van der Waals surface area (Å²) < 4.78 is 10.5. The first-order valence-corrected chi connectivity index (χ1v) is 9.72. The maximum absolute atomic E-state index is 13.1. The molecule has 0 aliphatic carbocycles. The second-order valence-corrected chi connectivity index (χ2v) is 7.15. The van der Waals surface area contributed by atoms with Crippen LogP contribution in [0.15, 0.2) is 70.4 Å². The molecule has 0 spiro atoms. The van der Waals surface area contributed by atoms with E-state index in [1.807, 2.05) is 0 Å². The number of benzene rings is 2. The van der Waals surface area contributed by atoms with Gasteiger partial charge in [-0.1, -0.05) is 18.2 Å². The zero-order valence-electron chi connectivity index (χ0n) is 17.7. The molecule has 0 saturated heterocycles. The van der Waals surface area contributed by atoms with E-state index in [1.54, 1.807) is 82.7 Å². The molecule has 0 N–H and O–H groups in total. The molecule has 1 atom stereocenters. The van der Waals surface area contributed by atoms with Crippen LogP contribution in [0.2, 0.25) is 0 Å². The quantitative estimate of drug-likeness (QED) is 0.697. The van der Waals surface area contributed by atoms with Crippen LogP contribution < -0.4 is 19.5 Å². The minimum atomic E-state index is -0.652. The number of hydrogen-bond acceptors (Lipinski definition) is 6. The van der Waals surface area contributed by atoms with E-state index in [2.05, 4.69) is 10.2 Å². The third-order valence-electron chi connectivity index (χ3n) is 5.17. The van der Waals surface area contributed by atoms with E-state index in [-0.39, 0.29) is 11.8 Å². The number of hydrazone groups is 2. The summed E-state index contributed by atoms with van der Waals surface area (Å²) >= 11 is 0. The highest BCUT2D eigenvalue weighted by molar-refractivity contribution is 6.30. The minimum absolute atomic E-state index is 0.237. The highest BCUT2D eigenvalue weighted by atomic mass is 16.5. The molecule has 2 aromatic carbocycles. The van der Waals surface area contributed by atoms with E-state index in [1.165, 1.54) is 10.0 Å². The van der Waals surface area contributed by atoms with E-state index in [9.17, 15) is 9.59 Å². The molecule has 0 aromatic heterocycles. The van der Waals surface area contributed by atoms with Crippen molar-refractivity contribution in [3.63, 3.8) is 0 Å². The van der Waals surface area contributed by atoms with Gasteiger partial charge in [0.05, 0.1) is 48.5 Å². The maximum Gasteiger partial charge on any atom is 0.280 e. The molecule has 0 bridgehead atoms. The maximum atomic E-state index is 13.1. The molecule has 2 aromatic rings. The van der Waals surface area contributed by atoms with Crippen molar-refractivity contribution >= 4 is 34.6 Å². The normalized spacial score (nSPS) is 19.7. The SMILES string of the molecule is COc1cccc(N2N=C(C)/C(=C/C3C(=O)N(c4cccc(OC)c4)N=C3C)C2=O)c1. The Labute approximate surface area is 180 Å². The predicted molar refractivity (Wildman–Crippen MR) is 119 cm³/mol. The standard InChI is InChI=1S/C23H22N4O4/c1-14-20(22(28)26(24-14)16-7-5-9-18(11-16)30-3)13-21-15(2)25-27(23(21)29)17-8-6-10-19(12-17)31-4/h5-13,20H,1-4H3/b21-13-. The number of nitrogens with zero attached hydrogens (tertiary/aromatic N) is 4. The molecule has 8 nitrogen and oxygen atoms in total. The number of ether oxygens (including phenoxy) is 2. The van der Waals surface area contributed by atoms with Crippen LogP contribution in [-0.2, 0) is 9.59 Å². The molecule has 2 aliphatic heterocycles. The van der Waals surface area contributed by atoms with Gasteiger partial charge < -0.3 is 9.47 Å². The fourth-order valence-corrected chi connectivity index (χ4v) is 3.49. The van der Waals surface area contributed by atoms with Crippen molar-refractivity contribution in [1.29, 1.82) is 0 Å². The number of methoxy groups -OCH3 is 2. The Morgan fingerprint density at radius 2 is 1.45 bits per heavy atom. The van der Waals surface area contributed by atoms with Gasteiger partial charge in [-0.3, -0.25) is 9.59 Å². The fraction of sp³-hybridized carbons (Fsp3) is 0.217. The van der Waals surface area contributed by atoms with E-state index >= 15 is 0 Å². The molecule has 0 fully saturated rings. The van der Waals surface area contributed by atoms with Crippen LogP contribution in [0.3, 0.4) is 0 Å². The first-order chi connectivity index (χ1) is 14.9. The summed E-state index contributed by atoms with van der Waals surface area (Å²) in [4.78, 5) is 26.2. The summed E-state index contributed by atoms with van der Waals surface area (Å²) in [6.45, 7) is 3.52. The first kappa shape index (κ1) is 20.3. The van der Waals surface area contributed by atoms with Crippen molar-refractivity contribution in [2.24, 2.45) is 16.1 Å². The smallest absolute Gasteiger partial charge is 0.280 e. The van der Waals surface area contributed by atoms with E-state index < -0.39 is 5.92 Å². The summed E-state index contributed by atoms with van der Waals surface area (Å²) in [7, 11) is 3.13. The molecular weight excluding hydrogens is 396 g/mol. The summed E-state index contributed by atoms with van der Waals surface area (Å²) in [5, 5.41) is 11.4. The molecule has 31 heavy (non-hydrogen) atoms. The van der Waals surface area contributed by atoms with Crippen molar-refractivity contribution in [3.05, 3.63) is 60.2 Å². The zero-order valence-corrected chi connectivity index (χ0v) is 17.7. The van der Waals surface area contributed by atoms with Crippen LogP contribution in [0.5, 0.6) is 11.5 Å². The Bertz CT molecular complexity index is 1150. The molecule has 2 heterocycles. The molecule has 2 amide bonds. The highest BCUT2D eigenvalue weighted by Gasteiger charge is 2.37. The third kappa shape index (κ3) is 3.68. The Balaban J connectivity index is 1.61. The summed E-state index contributed by atoms with van der Waals surface area (Å²) in [5.41, 5.74) is 2.70. The minimum Gasteiger partial charge on any atom is -0.497 e. The molecule has 8 heteroatoms. The fourth-order valence-electron chi connectivity index (χ4n) is 3.49. The number of carbonyl (C=O) groups excluding carboxylic acids is 2. The lowest BCUT2D eigenvalue weighted by Crippen LogP contribution is -2.27. The molecular formula is C23H22N4O4. The Morgan fingerprint density at radius 3 is 2.03 bits per heavy atom. The Morgan fingerprint density at radius 1 is 0.871 bits per heavy atom. The van der Waals surface area contributed by atoms with E-state index in [0.29, 0.717) is 39.9 Å². The van der Waals surface area contributed by atoms with Crippen molar-refractivity contribution < 1.29 is 19.1 Å². The summed E-state index contributed by atoms with van der Waals surface area (Å²) in [6, 6.07) is 14.2. The van der Waals surface area contributed by atoms with Crippen LogP contribution in [0.1, 0.15) is 13.8 Å². The second-order valence-electron chi connectivity index (χ2n) is 7.15. The molecule has 0 radical (unpaired) electrons. The van der Waals surface area contributed by atoms with Crippen LogP contribution in [0.25, 0.3) is 0 Å². The number of rotatable bonds is 5.